The summed E-state index contributed by atoms with van der Waals surface area (Å²) >= 11 is 0. The number of phenolic OH excluding ortho intramolecular Hbond substituents is 1. The SMILES string of the molecule is CN(C(=O)c1cc2c(cc1C=O)CN(CC1CCN(C(=O)C3CN(c4ccc(C5c6ccc(O)cc6CCC5c5ccccc5)cc4)C3)CC1)C2)C1CCC(=O)NC1=O. The Balaban J connectivity index is 0.769. The van der Waals surface area contributed by atoms with Crippen molar-refractivity contribution in [2.75, 3.05) is 44.7 Å². The van der Waals surface area contributed by atoms with Gasteiger partial charge in [0.2, 0.25) is 17.7 Å². The van der Waals surface area contributed by atoms with Crippen LogP contribution in [0.3, 0.4) is 0 Å². The number of nitrogens with one attached hydrogen (secondary N) is 1. The summed E-state index contributed by atoms with van der Waals surface area (Å²) in [7, 11) is 1.54. The van der Waals surface area contributed by atoms with Gasteiger partial charge in [0.1, 0.15) is 11.8 Å². The zero-order chi connectivity index (χ0) is 40.8. The number of likely N-dealkylation sites (tertiary alicyclic amines) is 1. The molecule has 3 unspecified atom stereocenters. The molecule has 11 nitrogen and oxygen atoms in total. The molecule has 3 saturated heterocycles. The van der Waals surface area contributed by atoms with Crippen molar-refractivity contribution in [3.05, 3.63) is 129 Å². The van der Waals surface area contributed by atoms with E-state index in [1.165, 1.54) is 27.2 Å². The van der Waals surface area contributed by atoms with Crippen LogP contribution in [0.25, 0.3) is 0 Å². The van der Waals surface area contributed by atoms with Crippen molar-refractivity contribution in [2.24, 2.45) is 11.8 Å². The molecule has 304 valence electrons. The van der Waals surface area contributed by atoms with E-state index in [4.69, 9.17) is 0 Å². The van der Waals surface area contributed by atoms with E-state index in [0.29, 0.717) is 42.5 Å². The van der Waals surface area contributed by atoms with Crippen LogP contribution in [0, 0.1) is 11.8 Å². The summed E-state index contributed by atoms with van der Waals surface area (Å²) in [4.78, 5) is 71.3. The fourth-order valence-corrected chi connectivity index (χ4v) is 10.3. The Labute approximate surface area is 345 Å². The van der Waals surface area contributed by atoms with Crippen LogP contribution in [-0.2, 0) is 33.9 Å². The van der Waals surface area contributed by atoms with Gasteiger partial charge in [-0.3, -0.25) is 34.2 Å². The van der Waals surface area contributed by atoms with E-state index in [9.17, 15) is 29.1 Å². The van der Waals surface area contributed by atoms with Crippen molar-refractivity contribution in [1.29, 1.82) is 0 Å². The Morgan fingerprint density at radius 3 is 2.27 bits per heavy atom. The van der Waals surface area contributed by atoms with Crippen molar-refractivity contribution in [3.8, 4) is 5.75 Å². The van der Waals surface area contributed by atoms with Crippen molar-refractivity contribution >= 4 is 35.6 Å². The highest BCUT2D eigenvalue weighted by Gasteiger charge is 2.39. The Morgan fingerprint density at radius 2 is 1.56 bits per heavy atom. The van der Waals surface area contributed by atoms with Gasteiger partial charge in [0.15, 0.2) is 6.29 Å². The second-order valence-electron chi connectivity index (χ2n) is 17.3. The van der Waals surface area contributed by atoms with Gasteiger partial charge in [0.25, 0.3) is 5.91 Å². The largest absolute Gasteiger partial charge is 0.508 e. The normalized spacial score (nSPS) is 22.3. The van der Waals surface area contributed by atoms with Gasteiger partial charge in [0, 0.05) is 76.5 Å². The summed E-state index contributed by atoms with van der Waals surface area (Å²) in [6, 6.07) is 28.3. The number of hydrogen-bond acceptors (Lipinski definition) is 8. The molecule has 4 heterocycles. The number of carbonyl (C=O) groups is 5. The number of hydrogen-bond donors (Lipinski definition) is 2. The highest BCUT2D eigenvalue weighted by Crippen LogP contribution is 2.47. The molecule has 2 N–H and O–H groups in total. The molecule has 59 heavy (non-hydrogen) atoms. The lowest BCUT2D eigenvalue weighted by Crippen LogP contribution is -2.56. The third kappa shape index (κ3) is 7.64. The molecule has 5 aliphatic rings. The highest BCUT2D eigenvalue weighted by molar-refractivity contribution is 6.06. The van der Waals surface area contributed by atoms with Crippen molar-refractivity contribution in [3.63, 3.8) is 0 Å². The average Bonchev–Trinajstić information content (AvgIpc) is 3.63. The number of rotatable bonds is 9. The predicted molar refractivity (Wildman–Crippen MR) is 223 cm³/mol. The number of imide groups is 1. The van der Waals surface area contributed by atoms with E-state index in [2.05, 4.69) is 80.7 Å². The van der Waals surface area contributed by atoms with E-state index in [-0.39, 0.29) is 42.1 Å². The maximum Gasteiger partial charge on any atom is 0.255 e. The summed E-state index contributed by atoms with van der Waals surface area (Å²) in [6.07, 6.45) is 4.95. The summed E-state index contributed by atoms with van der Waals surface area (Å²) < 4.78 is 0. The number of aryl methyl sites for hydroxylation is 1. The lowest BCUT2D eigenvalue weighted by Gasteiger charge is -2.44. The molecule has 11 heteroatoms. The van der Waals surface area contributed by atoms with Crippen LogP contribution in [0.15, 0.2) is 84.9 Å². The Hall–Kier alpha value is -5.81. The Morgan fingerprint density at radius 1 is 0.831 bits per heavy atom. The number of nitrogens with zero attached hydrogens (tertiary/aromatic N) is 4. The topological polar surface area (TPSA) is 131 Å². The van der Waals surface area contributed by atoms with E-state index in [1.54, 1.807) is 19.2 Å². The molecular weight excluding hydrogens is 743 g/mol. The zero-order valence-electron chi connectivity index (χ0n) is 33.5. The van der Waals surface area contributed by atoms with Gasteiger partial charge in [-0.25, -0.2) is 0 Å². The number of carbonyl (C=O) groups excluding carboxylic acids is 5. The molecule has 0 spiro atoms. The van der Waals surface area contributed by atoms with Gasteiger partial charge in [-0.05, 0) is 114 Å². The lowest BCUT2D eigenvalue weighted by molar-refractivity contribution is -0.138. The van der Waals surface area contributed by atoms with Crippen LogP contribution < -0.4 is 10.2 Å². The fourth-order valence-electron chi connectivity index (χ4n) is 10.3. The second kappa shape index (κ2) is 16.1. The molecule has 4 aromatic rings. The zero-order valence-corrected chi connectivity index (χ0v) is 33.5. The first-order chi connectivity index (χ1) is 28.6. The molecule has 1 aliphatic carbocycles. The molecule has 3 fully saturated rings. The first-order valence-electron chi connectivity index (χ1n) is 21.1. The van der Waals surface area contributed by atoms with E-state index in [1.807, 2.05) is 12.1 Å². The van der Waals surface area contributed by atoms with Crippen LogP contribution in [0.2, 0.25) is 0 Å². The van der Waals surface area contributed by atoms with Crippen LogP contribution in [0.4, 0.5) is 5.69 Å². The summed E-state index contributed by atoms with van der Waals surface area (Å²) in [6.45, 7) is 5.18. The third-order valence-electron chi connectivity index (χ3n) is 13.6. The number of fused-ring (bicyclic) bond motifs is 2. The number of benzene rings is 4. The van der Waals surface area contributed by atoms with Gasteiger partial charge in [-0.15, -0.1) is 0 Å². The van der Waals surface area contributed by atoms with Crippen molar-refractivity contribution in [2.45, 2.75) is 69.5 Å². The third-order valence-corrected chi connectivity index (χ3v) is 13.6. The van der Waals surface area contributed by atoms with Crippen LogP contribution in [0.5, 0.6) is 5.75 Å². The quantitative estimate of drug-likeness (QED) is 0.165. The number of piperidine rings is 2. The molecular formula is C48H51N5O6. The molecule has 9 rings (SSSR count). The minimum atomic E-state index is -0.763. The number of amides is 4. The first kappa shape index (κ1) is 38.7. The molecule has 0 radical (unpaired) electrons. The van der Waals surface area contributed by atoms with Crippen LogP contribution >= 0.6 is 0 Å². The first-order valence-corrected chi connectivity index (χ1v) is 21.1. The van der Waals surface area contributed by atoms with E-state index >= 15 is 0 Å². The number of phenols is 1. The van der Waals surface area contributed by atoms with Crippen LogP contribution in [0.1, 0.15) is 98.0 Å². The molecule has 0 bridgehead atoms. The summed E-state index contributed by atoms with van der Waals surface area (Å²) in [5.74, 6) is 0.308. The Kier molecular flexibility index (Phi) is 10.6. The summed E-state index contributed by atoms with van der Waals surface area (Å²) in [5.41, 5.74) is 8.86. The fraction of sp³-hybridized carbons (Fsp3) is 0.396. The number of likely N-dealkylation sites (N-methyl/N-ethyl adjacent to an activating group) is 1. The van der Waals surface area contributed by atoms with Crippen molar-refractivity contribution < 1.29 is 29.1 Å². The molecule has 0 aromatic heterocycles. The van der Waals surface area contributed by atoms with Crippen molar-refractivity contribution in [1.82, 2.24) is 20.0 Å². The van der Waals surface area contributed by atoms with Gasteiger partial charge in [-0.1, -0.05) is 48.5 Å². The predicted octanol–water partition coefficient (Wildman–Crippen LogP) is 5.63. The van der Waals surface area contributed by atoms with Gasteiger partial charge < -0.3 is 19.8 Å². The monoisotopic (exact) mass is 793 g/mol. The van der Waals surface area contributed by atoms with Gasteiger partial charge in [-0.2, -0.15) is 0 Å². The average molecular weight is 794 g/mol. The lowest BCUT2D eigenvalue weighted by atomic mass is 9.69. The minimum absolute atomic E-state index is 0.00220. The summed E-state index contributed by atoms with van der Waals surface area (Å²) in [5, 5.41) is 12.5. The van der Waals surface area contributed by atoms with Crippen LogP contribution in [-0.4, -0.2) is 95.5 Å². The van der Waals surface area contributed by atoms with Gasteiger partial charge in [0.05, 0.1) is 11.5 Å². The number of aromatic hydroxyl groups is 1. The number of anilines is 1. The molecule has 4 aromatic carbocycles. The Bertz CT molecular complexity index is 2280. The minimum Gasteiger partial charge on any atom is -0.508 e. The molecule has 0 saturated carbocycles. The highest BCUT2D eigenvalue weighted by atomic mass is 16.3. The standard InChI is InChI=1S/C48H51N5O6/c1-50(43-15-16-44(56)49-46(43)57)48(59)42-23-35-26-51(25-34(35)21-36(42)29-54)24-30-17-19-52(20-18-30)47(58)37-27-53(28-37)38-10-7-32(8-11-38)45-40(31-5-3-2-4-6-31)13-9-33-22-39(55)12-14-41(33)45/h2-8,10-12,14,21-23,29-30,37,40,43,45,55H,9,13,15-20,24-28H2,1H3,(H,49,56,57). The smallest absolute Gasteiger partial charge is 0.255 e. The van der Waals surface area contributed by atoms with E-state index < -0.39 is 17.9 Å². The number of aldehydes is 1. The van der Waals surface area contributed by atoms with Gasteiger partial charge >= 0.3 is 0 Å². The maximum atomic E-state index is 13.6. The van der Waals surface area contributed by atoms with E-state index in [0.717, 1.165) is 75.2 Å². The molecule has 3 atom stereocenters. The second-order valence-corrected chi connectivity index (χ2v) is 17.3. The maximum absolute atomic E-state index is 13.6. The molecule has 4 amide bonds. The molecule has 4 aliphatic heterocycles.